The lowest BCUT2D eigenvalue weighted by Crippen LogP contribution is -1.96. The van der Waals surface area contributed by atoms with Crippen LogP contribution in [0.25, 0.3) is 12.2 Å². The number of methoxy groups -OCH3 is 2. The van der Waals surface area contributed by atoms with Crippen molar-refractivity contribution in [1.29, 1.82) is 0 Å². The van der Waals surface area contributed by atoms with Gasteiger partial charge in [0.1, 0.15) is 0 Å². The lowest BCUT2D eigenvalue weighted by molar-refractivity contribution is 0.371. The lowest BCUT2D eigenvalue weighted by atomic mass is 10.2. The lowest BCUT2D eigenvalue weighted by Gasteiger charge is -2.03. The number of halogens is 1. The third kappa shape index (κ3) is 4.26. The van der Waals surface area contributed by atoms with E-state index in [0.29, 0.717) is 17.6 Å². The molecule has 0 saturated carbocycles. The van der Waals surface area contributed by atoms with Crippen molar-refractivity contribution in [2.75, 3.05) is 14.2 Å². The highest BCUT2D eigenvalue weighted by atomic mass is 35.5. The highest BCUT2D eigenvalue weighted by Crippen LogP contribution is 2.16. The summed E-state index contributed by atoms with van der Waals surface area (Å²) in [5, 5.41) is 0. The second-order valence-electron chi connectivity index (χ2n) is 3.55. The summed E-state index contributed by atoms with van der Waals surface area (Å²) >= 11 is 0. The Balaban J connectivity index is 0.00000180. The number of nitrogens with zero attached hydrogens (tertiary/aromatic N) is 2. The fraction of sp³-hybridized carbons (Fsp3) is 0.143. The van der Waals surface area contributed by atoms with Gasteiger partial charge in [-0.1, -0.05) is 36.4 Å². The van der Waals surface area contributed by atoms with Crippen molar-refractivity contribution in [3.63, 3.8) is 0 Å². The highest BCUT2D eigenvalue weighted by Gasteiger charge is 2.02. The van der Waals surface area contributed by atoms with Crippen LogP contribution in [0, 0.1) is 0 Å². The Morgan fingerprint density at radius 1 is 0.895 bits per heavy atom. The highest BCUT2D eigenvalue weighted by molar-refractivity contribution is 5.85. The van der Waals surface area contributed by atoms with E-state index in [2.05, 4.69) is 9.97 Å². The number of hydrogen-bond acceptors (Lipinski definition) is 4. The molecular formula is C14H15ClN2O2. The summed E-state index contributed by atoms with van der Waals surface area (Å²) in [6.45, 7) is 0. The molecule has 2 rings (SSSR count). The smallest absolute Gasteiger partial charge is 0.220 e. The van der Waals surface area contributed by atoms with Gasteiger partial charge in [0, 0.05) is 0 Å². The standard InChI is InChI=1S/C14H14N2O2.ClH/c1-17-13-10-14(18-2)16-12(15-13)9-8-11-6-4-3-5-7-11;/h3-10H,1-2H3;1H. The van der Waals surface area contributed by atoms with Gasteiger partial charge in [-0.3, -0.25) is 0 Å². The van der Waals surface area contributed by atoms with Crippen molar-refractivity contribution in [1.82, 2.24) is 9.97 Å². The maximum absolute atomic E-state index is 5.08. The van der Waals surface area contributed by atoms with Crippen LogP contribution in [0.15, 0.2) is 36.4 Å². The maximum atomic E-state index is 5.08. The molecule has 0 amide bonds. The fourth-order valence-electron chi connectivity index (χ4n) is 1.44. The molecule has 1 aromatic heterocycles. The second-order valence-corrected chi connectivity index (χ2v) is 3.55. The second kappa shape index (κ2) is 7.38. The quantitative estimate of drug-likeness (QED) is 0.862. The van der Waals surface area contributed by atoms with E-state index in [0.717, 1.165) is 5.56 Å². The van der Waals surface area contributed by atoms with Crippen LogP contribution in [0.4, 0.5) is 0 Å². The molecule has 19 heavy (non-hydrogen) atoms. The summed E-state index contributed by atoms with van der Waals surface area (Å²) in [5.74, 6) is 1.51. The molecule has 0 saturated heterocycles. The predicted octanol–water partition coefficient (Wildman–Crippen LogP) is 3.09. The molecule has 0 N–H and O–H groups in total. The number of hydrogen-bond donors (Lipinski definition) is 0. The zero-order valence-electron chi connectivity index (χ0n) is 10.7. The molecule has 0 radical (unpaired) electrons. The molecule has 0 atom stereocenters. The Kier molecular flexibility index (Phi) is 5.82. The molecule has 0 fully saturated rings. The molecule has 0 spiro atoms. The van der Waals surface area contributed by atoms with Gasteiger partial charge in [-0.25, -0.2) is 0 Å². The Bertz CT molecular complexity index is 522. The Hall–Kier alpha value is -2.07. The average Bonchev–Trinajstić information content (AvgIpc) is 2.45. The van der Waals surface area contributed by atoms with Gasteiger partial charge >= 0.3 is 0 Å². The van der Waals surface area contributed by atoms with Gasteiger partial charge in [0.15, 0.2) is 5.82 Å². The molecule has 0 bridgehead atoms. The Labute approximate surface area is 118 Å². The first kappa shape index (κ1) is 15.0. The molecule has 100 valence electrons. The van der Waals surface area contributed by atoms with Crippen LogP contribution in [0.2, 0.25) is 0 Å². The van der Waals surface area contributed by atoms with E-state index in [1.165, 1.54) is 0 Å². The van der Waals surface area contributed by atoms with Crippen LogP contribution in [-0.2, 0) is 0 Å². The molecule has 0 unspecified atom stereocenters. The van der Waals surface area contributed by atoms with Gasteiger partial charge in [0.25, 0.3) is 0 Å². The topological polar surface area (TPSA) is 44.2 Å². The summed E-state index contributed by atoms with van der Waals surface area (Å²) in [6, 6.07) is 11.6. The first-order valence-corrected chi connectivity index (χ1v) is 5.52. The molecule has 0 aliphatic heterocycles. The molecule has 0 aliphatic rings. The van der Waals surface area contributed by atoms with Crippen LogP contribution in [-0.4, -0.2) is 24.2 Å². The van der Waals surface area contributed by atoms with Gasteiger partial charge < -0.3 is 9.47 Å². The minimum atomic E-state index is 0. The van der Waals surface area contributed by atoms with Crippen LogP contribution in [0.5, 0.6) is 11.8 Å². The van der Waals surface area contributed by atoms with Crippen molar-refractivity contribution in [3.8, 4) is 11.8 Å². The maximum Gasteiger partial charge on any atom is 0.220 e. The number of ether oxygens (including phenoxy) is 2. The summed E-state index contributed by atoms with van der Waals surface area (Å²) in [4.78, 5) is 8.43. The molecular weight excluding hydrogens is 264 g/mol. The zero-order chi connectivity index (χ0) is 12.8. The van der Waals surface area contributed by atoms with E-state index < -0.39 is 0 Å². The average molecular weight is 279 g/mol. The zero-order valence-corrected chi connectivity index (χ0v) is 11.6. The van der Waals surface area contributed by atoms with Gasteiger partial charge in [0.05, 0.1) is 20.3 Å². The largest absolute Gasteiger partial charge is 0.481 e. The summed E-state index contributed by atoms with van der Waals surface area (Å²) < 4.78 is 10.2. The van der Waals surface area contributed by atoms with Crippen LogP contribution < -0.4 is 9.47 Å². The van der Waals surface area contributed by atoms with Crippen molar-refractivity contribution < 1.29 is 9.47 Å². The number of benzene rings is 1. The van der Waals surface area contributed by atoms with Crippen molar-refractivity contribution in [2.24, 2.45) is 0 Å². The van der Waals surface area contributed by atoms with E-state index in [1.54, 1.807) is 20.3 Å². The van der Waals surface area contributed by atoms with Crippen LogP contribution in [0.3, 0.4) is 0 Å². The summed E-state index contributed by atoms with van der Waals surface area (Å²) in [5.41, 5.74) is 1.09. The molecule has 2 aromatic rings. The molecule has 4 nitrogen and oxygen atoms in total. The van der Waals surface area contributed by atoms with Gasteiger partial charge in [-0.2, -0.15) is 9.97 Å². The first-order chi connectivity index (χ1) is 8.81. The normalized spacial score (nSPS) is 10.0. The van der Waals surface area contributed by atoms with Crippen molar-refractivity contribution in [3.05, 3.63) is 47.8 Å². The third-order valence-electron chi connectivity index (χ3n) is 2.34. The number of rotatable bonds is 4. The van der Waals surface area contributed by atoms with E-state index in [-0.39, 0.29) is 12.4 Å². The van der Waals surface area contributed by atoms with E-state index in [1.807, 2.05) is 42.5 Å². The molecule has 1 heterocycles. The fourth-order valence-corrected chi connectivity index (χ4v) is 1.44. The van der Waals surface area contributed by atoms with Crippen molar-refractivity contribution in [2.45, 2.75) is 0 Å². The van der Waals surface area contributed by atoms with Gasteiger partial charge in [0.2, 0.25) is 11.8 Å². The van der Waals surface area contributed by atoms with E-state index in [9.17, 15) is 0 Å². The van der Waals surface area contributed by atoms with Gasteiger partial charge in [-0.15, -0.1) is 12.4 Å². The predicted molar refractivity (Wildman–Crippen MR) is 77.8 cm³/mol. The molecule has 0 aliphatic carbocycles. The van der Waals surface area contributed by atoms with Crippen LogP contribution >= 0.6 is 12.4 Å². The Morgan fingerprint density at radius 2 is 1.47 bits per heavy atom. The Morgan fingerprint density at radius 3 is 2.00 bits per heavy atom. The SMILES string of the molecule is COc1cc(OC)nc(C=Cc2ccccc2)n1.Cl. The monoisotopic (exact) mass is 278 g/mol. The number of aromatic nitrogens is 2. The summed E-state index contributed by atoms with van der Waals surface area (Å²) in [7, 11) is 3.12. The minimum absolute atomic E-state index is 0. The van der Waals surface area contributed by atoms with Gasteiger partial charge in [-0.05, 0) is 11.6 Å². The molecule has 1 aromatic carbocycles. The molecule has 5 heteroatoms. The summed E-state index contributed by atoms with van der Waals surface area (Å²) in [6.07, 6.45) is 3.76. The minimum Gasteiger partial charge on any atom is -0.481 e. The van der Waals surface area contributed by atoms with Crippen LogP contribution in [0.1, 0.15) is 11.4 Å². The van der Waals surface area contributed by atoms with E-state index >= 15 is 0 Å². The van der Waals surface area contributed by atoms with Crippen molar-refractivity contribution >= 4 is 24.6 Å². The van der Waals surface area contributed by atoms with E-state index in [4.69, 9.17) is 9.47 Å². The third-order valence-corrected chi connectivity index (χ3v) is 2.34. The first-order valence-electron chi connectivity index (χ1n) is 5.52.